The molecule has 15 heavy (non-hydrogen) atoms. The molecule has 0 atom stereocenters. The van der Waals surface area contributed by atoms with Crippen molar-refractivity contribution in [3.63, 3.8) is 0 Å². The van der Waals surface area contributed by atoms with Crippen molar-refractivity contribution in [2.24, 2.45) is 4.99 Å². The lowest BCUT2D eigenvalue weighted by Gasteiger charge is -2.11. The zero-order valence-electron chi connectivity index (χ0n) is 7.90. The van der Waals surface area contributed by atoms with E-state index in [4.69, 9.17) is 16.3 Å². The van der Waals surface area contributed by atoms with Gasteiger partial charge in [-0.25, -0.2) is 4.99 Å². The fourth-order valence-electron chi connectivity index (χ4n) is 1.08. The number of nitrogens with one attached hydrogen (secondary N) is 1. The Bertz CT molecular complexity index is 452. The molecule has 0 saturated carbocycles. The molecule has 3 nitrogen and oxygen atoms in total. The molecule has 2 rings (SSSR count). The second-order valence-electron chi connectivity index (χ2n) is 2.93. The minimum atomic E-state index is 0.566. The van der Waals surface area contributed by atoms with E-state index in [0.717, 1.165) is 0 Å². The van der Waals surface area contributed by atoms with Gasteiger partial charge in [0, 0.05) is 6.20 Å². The number of halogens is 1. The van der Waals surface area contributed by atoms with Crippen molar-refractivity contribution in [1.82, 2.24) is 5.32 Å². The third kappa shape index (κ3) is 2.39. The Hall–Kier alpha value is -1.74. The van der Waals surface area contributed by atoms with Gasteiger partial charge >= 0.3 is 0 Å². The summed E-state index contributed by atoms with van der Waals surface area (Å²) in [6, 6.07) is 7.26. The highest BCUT2D eigenvalue weighted by Gasteiger charge is 2.05. The lowest BCUT2D eigenvalue weighted by molar-refractivity contribution is 0.451. The quantitative estimate of drug-likeness (QED) is 0.832. The fraction of sp³-hybridized carbons (Fsp3) is 0. The largest absolute Gasteiger partial charge is 0.453 e. The number of aliphatic imine (C=N–C) groups is 1. The smallest absolute Gasteiger partial charge is 0.161 e. The van der Waals surface area contributed by atoms with Gasteiger partial charge in [-0.15, -0.1) is 0 Å². The van der Waals surface area contributed by atoms with Gasteiger partial charge < -0.3 is 10.1 Å². The van der Waals surface area contributed by atoms with Gasteiger partial charge in [-0.3, -0.25) is 0 Å². The number of hydrogen-bond donors (Lipinski definition) is 1. The Labute approximate surface area is 92.7 Å². The molecule has 0 amide bonds. The summed E-state index contributed by atoms with van der Waals surface area (Å²) >= 11 is 5.94. The zero-order chi connectivity index (χ0) is 10.7. The van der Waals surface area contributed by atoms with Crippen LogP contribution in [0, 0.1) is 0 Å². The maximum absolute atomic E-state index is 5.94. The Morgan fingerprint density at radius 2 is 2.13 bits per heavy atom. The Kier molecular flexibility index (Phi) is 2.74. The summed E-state index contributed by atoms with van der Waals surface area (Å²) in [4.78, 5) is 3.97. The van der Waals surface area contributed by atoms with Gasteiger partial charge in [0.05, 0.1) is 11.2 Å². The number of hydrogen-bond acceptors (Lipinski definition) is 3. The third-order valence-electron chi connectivity index (χ3n) is 1.79. The molecule has 0 aliphatic carbocycles. The van der Waals surface area contributed by atoms with Crippen LogP contribution in [0.2, 0.25) is 5.02 Å². The molecule has 1 heterocycles. The average molecular weight is 221 g/mol. The molecule has 0 saturated heterocycles. The Morgan fingerprint density at radius 1 is 1.33 bits per heavy atom. The van der Waals surface area contributed by atoms with Crippen LogP contribution in [0.5, 0.6) is 5.75 Å². The van der Waals surface area contributed by atoms with E-state index in [1.165, 1.54) is 0 Å². The van der Waals surface area contributed by atoms with E-state index in [9.17, 15) is 0 Å². The van der Waals surface area contributed by atoms with Crippen molar-refractivity contribution in [2.45, 2.75) is 0 Å². The van der Waals surface area contributed by atoms with E-state index >= 15 is 0 Å². The van der Waals surface area contributed by atoms with Crippen molar-refractivity contribution in [3.8, 4) is 5.75 Å². The van der Waals surface area contributed by atoms with Gasteiger partial charge in [-0.1, -0.05) is 30.3 Å². The van der Waals surface area contributed by atoms with Crippen LogP contribution in [0.1, 0.15) is 0 Å². The van der Waals surface area contributed by atoms with E-state index in [-0.39, 0.29) is 0 Å². The van der Waals surface area contributed by atoms with Crippen LogP contribution in [0.3, 0.4) is 0 Å². The maximum atomic E-state index is 5.94. The summed E-state index contributed by atoms with van der Waals surface area (Å²) in [7, 11) is 0. The third-order valence-corrected chi connectivity index (χ3v) is 2.11. The predicted molar refractivity (Wildman–Crippen MR) is 60.9 cm³/mol. The average Bonchev–Trinajstić information content (AvgIpc) is 2.25. The molecule has 1 N–H and O–H groups in total. The Morgan fingerprint density at radius 3 is 2.80 bits per heavy atom. The van der Waals surface area contributed by atoms with Crippen LogP contribution in [-0.4, -0.2) is 6.21 Å². The number of rotatable bonds is 2. The van der Waals surface area contributed by atoms with Crippen LogP contribution >= 0.6 is 11.6 Å². The number of nitrogens with zero attached hydrogens (tertiary/aromatic N) is 1. The van der Waals surface area contributed by atoms with Crippen molar-refractivity contribution < 1.29 is 4.74 Å². The number of benzene rings is 1. The van der Waals surface area contributed by atoms with E-state index < -0.39 is 0 Å². The Balaban J connectivity index is 2.14. The normalized spacial score (nSPS) is 14.5. The van der Waals surface area contributed by atoms with E-state index in [0.29, 0.717) is 22.4 Å². The summed E-state index contributed by atoms with van der Waals surface area (Å²) < 4.78 is 5.51. The molecule has 0 bridgehead atoms. The topological polar surface area (TPSA) is 33.6 Å². The van der Waals surface area contributed by atoms with Gasteiger partial charge in [0.1, 0.15) is 11.6 Å². The summed E-state index contributed by atoms with van der Waals surface area (Å²) in [6.07, 6.45) is 3.26. The number of para-hydroxylation sites is 1. The highest BCUT2D eigenvalue weighted by molar-refractivity contribution is 6.32. The summed E-state index contributed by atoms with van der Waals surface area (Å²) in [5.41, 5.74) is 0. The maximum Gasteiger partial charge on any atom is 0.161 e. The van der Waals surface area contributed by atoms with Crippen molar-refractivity contribution in [3.05, 3.63) is 53.6 Å². The minimum Gasteiger partial charge on any atom is -0.453 e. The second kappa shape index (κ2) is 4.19. The van der Waals surface area contributed by atoms with Gasteiger partial charge in [0.25, 0.3) is 0 Å². The molecule has 1 aliphatic heterocycles. The molecule has 0 unspecified atom stereocenters. The monoisotopic (exact) mass is 220 g/mol. The molecule has 0 radical (unpaired) electrons. The number of ether oxygens (including phenoxy) is 1. The summed E-state index contributed by atoms with van der Waals surface area (Å²) in [5.74, 6) is 1.78. The number of allylic oxidation sites excluding steroid dienone is 1. The summed E-state index contributed by atoms with van der Waals surface area (Å²) in [6.45, 7) is 3.64. The van der Waals surface area contributed by atoms with Crippen LogP contribution in [0.25, 0.3) is 0 Å². The lowest BCUT2D eigenvalue weighted by Crippen LogP contribution is -2.12. The molecule has 1 aliphatic rings. The SMILES string of the molecule is C=C1N=CC(Oc2ccccc2Cl)=CN1. The van der Waals surface area contributed by atoms with Crippen molar-refractivity contribution in [1.29, 1.82) is 0 Å². The van der Waals surface area contributed by atoms with Crippen molar-refractivity contribution in [2.75, 3.05) is 0 Å². The van der Waals surface area contributed by atoms with Crippen molar-refractivity contribution >= 4 is 17.8 Å². The summed E-state index contributed by atoms with van der Waals surface area (Å²) in [5, 5.41) is 3.42. The molecule has 76 valence electrons. The molecular weight excluding hydrogens is 212 g/mol. The first kappa shape index (κ1) is 9.80. The zero-order valence-corrected chi connectivity index (χ0v) is 8.66. The van der Waals surface area contributed by atoms with Crippen LogP contribution in [-0.2, 0) is 0 Å². The van der Waals surface area contributed by atoms with Gasteiger partial charge in [-0.05, 0) is 12.1 Å². The second-order valence-corrected chi connectivity index (χ2v) is 3.34. The molecular formula is C11H9ClN2O. The lowest BCUT2D eigenvalue weighted by atomic mass is 10.3. The van der Waals surface area contributed by atoms with Gasteiger partial charge in [-0.2, -0.15) is 0 Å². The van der Waals surface area contributed by atoms with Gasteiger partial charge in [0.2, 0.25) is 0 Å². The van der Waals surface area contributed by atoms with Crippen LogP contribution in [0.15, 0.2) is 53.6 Å². The van der Waals surface area contributed by atoms with E-state index in [2.05, 4.69) is 16.9 Å². The highest BCUT2D eigenvalue weighted by Crippen LogP contribution is 2.24. The predicted octanol–water partition coefficient (Wildman–Crippen LogP) is 2.71. The van der Waals surface area contributed by atoms with E-state index in [1.54, 1.807) is 24.5 Å². The first-order valence-electron chi connectivity index (χ1n) is 4.38. The standard InChI is InChI=1S/C11H9ClN2O/c1-8-13-6-9(7-14-8)15-11-5-3-2-4-10(11)12/h2-7,13H,1H2. The molecule has 0 aromatic heterocycles. The molecule has 4 heteroatoms. The molecule has 1 aromatic carbocycles. The van der Waals surface area contributed by atoms with Gasteiger partial charge in [0.15, 0.2) is 5.76 Å². The minimum absolute atomic E-state index is 0.566. The fourth-order valence-corrected chi connectivity index (χ4v) is 1.26. The van der Waals surface area contributed by atoms with E-state index in [1.807, 2.05) is 12.1 Å². The first-order valence-corrected chi connectivity index (χ1v) is 4.75. The first-order chi connectivity index (χ1) is 7.25. The highest BCUT2D eigenvalue weighted by atomic mass is 35.5. The van der Waals surface area contributed by atoms with Crippen LogP contribution < -0.4 is 10.1 Å². The molecule has 1 aromatic rings. The molecule has 0 fully saturated rings. The van der Waals surface area contributed by atoms with Crippen LogP contribution in [0.4, 0.5) is 0 Å². The molecule has 0 spiro atoms.